The molecule has 0 fully saturated rings. The van der Waals surface area contributed by atoms with Crippen molar-refractivity contribution >= 4 is 5.97 Å². The van der Waals surface area contributed by atoms with Gasteiger partial charge < -0.3 is 5.11 Å². The monoisotopic (exact) mass is 165 g/mol. The third-order valence-electron chi connectivity index (χ3n) is 1.59. The molecule has 1 radical (unpaired) electrons. The minimum Gasteiger partial charge on any atom is -0.481 e. The molecule has 0 saturated carbocycles. The van der Waals surface area contributed by atoms with Crippen molar-refractivity contribution < 1.29 is 14.5 Å². The number of aliphatic carboxylic acids is 1. The number of carboxylic acids is 1. The number of carboxylic acid groups (broad SMARTS) is 1. The molecule has 3 heteroatoms. The Balaban J connectivity index is 2.53. The summed E-state index contributed by atoms with van der Waals surface area (Å²) < 4.78 is 1.67. The van der Waals surface area contributed by atoms with Crippen LogP contribution >= 0.6 is 0 Å². The van der Waals surface area contributed by atoms with E-state index in [1.54, 1.807) is 17.0 Å². The lowest BCUT2D eigenvalue weighted by Gasteiger charge is -1.94. The van der Waals surface area contributed by atoms with Crippen molar-refractivity contribution in [3.05, 3.63) is 37.1 Å². The second kappa shape index (κ2) is 3.85. The first-order valence-corrected chi connectivity index (χ1v) is 3.71. The Morgan fingerprint density at radius 3 is 2.58 bits per heavy atom. The number of hydrogen-bond acceptors (Lipinski definition) is 1. The molecule has 0 aliphatic heterocycles. The van der Waals surface area contributed by atoms with Gasteiger partial charge in [-0.05, 0) is 12.0 Å². The zero-order valence-electron chi connectivity index (χ0n) is 6.73. The molecule has 1 heterocycles. The summed E-state index contributed by atoms with van der Waals surface area (Å²) in [6.45, 7) is 0. The number of aromatic nitrogens is 1. The van der Waals surface area contributed by atoms with E-state index in [-0.39, 0.29) is 6.42 Å². The molecule has 0 bridgehead atoms. The molecular weight excluding hydrogens is 154 g/mol. The van der Waals surface area contributed by atoms with Gasteiger partial charge in [-0.3, -0.25) is 4.79 Å². The molecule has 0 atom stereocenters. The standard InChI is InChI=1S/C9H11NO2/c1-10-6-4-8(5-7-10)2-3-9(11)12/h4-7H,1-3H2,(H,11,12)/q+1. The normalized spacial score (nSPS) is 9.75. The predicted octanol–water partition coefficient (Wildman–Crippen LogP) is 0.631. The first-order valence-electron chi connectivity index (χ1n) is 3.71. The lowest BCUT2D eigenvalue weighted by Crippen LogP contribution is -2.23. The van der Waals surface area contributed by atoms with Crippen LogP contribution in [0.3, 0.4) is 0 Å². The van der Waals surface area contributed by atoms with Crippen molar-refractivity contribution in [1.29, 1.82) is 0 Å². The smallest absolute Gasteiger partial charge is 0.303 e. The van der Waals surface area contributed by atoms with Crippen LogP contribution in [0, 0.1) is 7.05 Å². The van der Waals surface area contributed by atoms with Crippen LogP contribution in [0.1, 0.15) is 12.0 Å². The van der Waals surface area contributed by atoms with Crippen LogP contribution in [0.5, 0.6) is 0 Å². The third-order valence-corrected chi connectivity index (χ3v) is 1.59. The van der Waals surface area contributed by atoms with Crippen molar-refractivity contribution in [1.82, 2.24) is 0 Å². The maximum atomic E-state index is 10.2. The van der Waals surface area contributed by atoms with Gasteiger partial charge in [0.15, 0.2) is 12.4 Å². The molecular formula is C9H11NO2+. The molecule has 0 unspecified atom stereocenters. The van der Waals surface area contributed by atoms with E-state index < -0.39 is 5.97 Å². The van der Waals surface area contributed by atoms with Crippen LogP contribution in [-0.4, -0.2) is 11.1 Å². The minimum absolute atomic E-state index is 0.182. The summed E-state index contributed by atoms with van der Waals surface area (Å²) in [5.74, 6) is -0.763. The fourth-order valence-electron chi connectivity index (χ4n) is 0.906. The largest absolute Gasteiger partial charge is 0.481 e. The van der Waals surface area contributed by atoms with Crippen molar-refractivity contribution in [3.8, 4) is 0 Å². The van der Waals surface area contributed by atoms with E-state index in [4.69, 9.17) is 5.11 Å². The van der Waals surface area contributed by atoms with Gasteiger partial charge in [0, 0.05) is 18.6 Å². The summed E-state index contributed by atoms with van der Waals surface area (Å²) in [5.41, 5.74) is 1.03. The lowest BCUT2D eigenvalue weighted by atomic mass is 10.1. The molecule has 0 aromatic carbocycles. The molecule has 0 saturated heterocycles. The Morgan fingerprint density at radius 1 is 1.50 bits per heavy atom. The van der Waals surface area contributed by atoms with E-state index in [2.05, 4.69) is 7.05 Å². The van der Waals surface area contributed by atoms with Crippen molar-refractivity contribution in [2.24, 2.45) is 0 Å². The molecule has 63 valence electrons. The zero-order chi connectivity index (χ0) is 8.97. The maximum absolute atomic E-state index is 10.2. The van der Waals surface area contributed by atoms with Gasteiger partial charge in [-0.2, -0.15) is 4.57 Å². The molecule has 12 heavy (non-hydrogen) atoms. The summed E-state index contributed by atoms with van der Waals surface area (Å²) in [6.07, 6.45) is 4.37. The molecule has 1 aromatic rings. The van der Waals surface area contributed by atoms with E-state index >= 15 is 0 Å². The van der Waals surface area contributed by atoms with Crippen molar-refractivity contribution in [3.63, 3.8) is 0 Å². The Bertz CT molecular complexity index is 266. The fraction of sp³-hybridized carbons (Fsp3) is 0.222. The molecule has 1 rings (SSSR count). The quantitative estimate of drug-likeness (QED) is 0.667. The van der Waals surface area contributed by atoms with Gasteiger partial charge in [0.1, 0.15) is 0 Å². The van der Waals surface area contributed by atoms with Crippen LogP contribution < -0.4 is 4.57 Å². The first-order chi connectivity index (χ1) is 5.68. The highest BCUT2D eigenvalue weighted by atomic mass is 16.4. The zero-order valence-corrected chi connectivity index (χ0v) is 6.73. The van der Waals surface area contributed by atoms with E-state index in [1.165, 1.54) is 0 Å². The van der Waals surface area contributed by atoms with Crippen LogP contribution in [0.15, 0.2) is 24.5 Å². The van der Waals surface area contributed by atoms with Crippen LogP contribution in [0.25, 0.3) is 0 Å². The van der Waals surface area contributed by atoms with E-state index in [9.17, 15) is 4.79 Å². The summed E-state index contributed by atoms with van der Waals surface area (Å²) in [7, 11) is 3.66. The van der Waals surface area contributed by atoms with E-state index in [0.717, 1.165) is 5.56 Å². The fourth-order valence-corrected chi connectivity index (χ4v) is 0.906. The van der Waals surface area contributed by atoms with Gasteiger partial charge >= 0.3 is 5.97 Å². The molecule has 0 spiro atoms. The highest BCUT2D eigenvalue weighted by Gasteiger charge is 1.99. The second-order valence-corrected chi connectivity index (χ2v) is 2.61. The number of carbonyl (C=O) groups is 1. The second-order valence-electron chi connectivity index (χ2n) is 2.61. The molecule has 0 aliphatic carbocycles. The van der Waals surface area contributed by atoms with E-state index in [1.807, 2.05) is 12.1 Å². The number of aryl methyl sites for hydroxylation is 1. The summed E-state index contributed by atoms with van der Waals surface area (Å²) in [6, 6.07) is 3.74. The maximum Gasteiger partial charge on any atom is 0.303 e. The molecule has 0 aliphatic rings. The van der Waals surface area contributed by atoms with Gasteiger partial charge in [0.05, 0.1) is 0 Å². The third kappa shape index (κ3) is 2.70. The van der Waals surface area contributed by atoms with Gasteiger partial charge in [0.2, 0.25) is 7.05 Å². The minimum atomic E-state index is -0.763. The van der Waals surface area contributed by atoms with Gasteiger partial charge in [0.25, 0.3) is 0 Å². The van der Waals surface area contributed by atoms with Crippen LogP contribution in [-0.2, 0) is 11.2 Å². The Hall–Kier alpha value is -1.38. The lowest BCUT2D eigenvalue weighted by molar-refractivity contribution is -0.612. The SMILES string of the molecule is [CH2][n+]1ccc(CCC(=O)O)cc1. The molecule has 3 nitrogen and oxygen atoms in total. The highest BCUT2D eigenvalue weighted by Crippen LogP contribution is 1.99. The van der Waals surface area contributed by atoms with Crippen LogP contribution in [0.4, 0.5) is 0 Å². The highest BCUT2D eigenvalue weighted by molar-refractivity contribution is 5.67. The summed E-state index contributed by atoms with van der Waals surface area (Å²) in [4.78, 5) is 10.2. The topological polar surface area (TPSA) is 41.2 Å². The Kier molecular flexibility index (Phi) is 2.80. The summed E-state index contributed by atoms with van der Waals surface area (Å²) >= 11 is 0. The number of hydrogen-bond donors (Lipinski definition) is 1. The molecule has 1 aromatic heterocycles. The van der Waals surface area contributed by atoms with Gasteiger partial charge in [-0.25, -0.2) is 0 Å². The molecule has 0 amide bonds. The molecule has 1 N–H and O–H groups in total. The van der Waals surface area contributed by atoms with Gasteiger partial charge in [-0.15, -0.1) is 0 Å². The predicted molar refractivity (Wildman–Crippen MR) is 43.3 cm³/mol. The van der Waals surface area contributed by atoms with E-state index in [0.29, 0.717) is 6.42 Å². The summed E-state index contributed by atoms with van der Waals surface area (Å²) in [5, 5.41) is 8.41. The van der Waals surface area contributed by atoms with Crippen LogP contribution in [0.2, 0.25) is 0 Å². The Morgan fingerprint density at radius 2 is 2.08 bits per heavy atom. The van der Waals surface area contributed by atoms with Gasteiger partial charge in [-0.1, -0.05) is 0 Å². The van der Waals surface area contributed by atoms with Crippen molar-refractivity contribution in [2.75, 3.05) is 0 Å². The first kappa shape index (κ1) is 8.71. The average Bonchev–Trinajstić information content (AvgIpc) is 2.03. The number of pyridine rings is 1. The van der Waals surface area contributed by atoms with Crippen molar-refractivity contribution in [2.45, 2.75) is 12.8 Å². The average molecular weight is 165 g/mol. The Labute approximate surface area is 71.3 Å². The number of rotatable bonds is 3. The number of nitrogens with zero attached hydrogens (tertiary/aromatic N) is 1.